The molecule has 1 aromatic heterocycles. The monoisotopic (exact) mass is 255 g/mol. The van der Waals surface area contributed by atoms with E-state index in [4.69, 9.17) is 14.9 Å². The molecule has 0 saturated heterocycles. The van der Waals surface area contributed by atoms with E-state index in [1.807, 2.05) is 18.2 Å². The molecule has 2 N–H and O–H groups in total. The van der Waals surface area contributed by atoms with Crippen LogP contribution in [0.4, 0.5) is 0 Å². The maximum Gasteiger partial charge on any atom is 0.170 e. The van der Waals surface area contributed by atoms with Gasteiger partial charge in [0.2, 0.25) is 0 Å². The third-order valence-corrected chi connectivity index (χ3v) is 2.48. The average Bonchev–Trinajstić information content (AvgIpc) is 2.56. The van der Waals surface area contributed by atoms with Crippen molar-refractivity contribution in [3.05, 3.63) is 28.4 Å². The van der Waals surface area contributed by atoms with Crippen LogP contribution in [0.5, 0.6) is 5.75 Å². The Morgan fingerprint density at radius 2 is 2.21 bits per heavy atom. The van der Waals surface area contributed by atoms with Gasteiger partial charge in [-0.15, -0.1) is 0 Å². The first-order valence-electron chi connectivity index (χ1n) is 4.20. The Kier molecular flexibility index (Phi) is 2.48. The van der Waals surface area contributed by atoms with Crippen LogP contribution in [0.25, 0.3) is 11.0 Å². The lowest BCUT2D eigenvalue weighted by Crippen LogP contribution is -1.96. The minimum atomic E-state index is 0.477. The summed E-state index contributed by atoms with van der Waals surface area (Å²) in [5.41, 5.74) is 7.35. The van der Waals surface area contributed by atoms with Gasteiger partial charge in [0.1, 0.15) is 11.3 Å². The molecule has 74 valence electrons. The summed E-state index contributed by atoms with van der Waals surface area (Å²) < 4.78 is 11.4. The minimum absolute atomic E-state index is 0.477. The SMILES string of the molecule is COc1cc(CN)cc2oc(Br)cc12. The van der Waals surface area contributed by atoms with Crippen molar-refractivity contribution in [3.63, 3.8) is 0 Å². The zero-order valence-electron chi connectivity index (χ0n) is 7.71. The second-order valence-electron chi connectivity index (χ2n) is 2.96. The van der Waals surface area contributed by atoms with Crippen LogP contribution < -0.4 is 10.5 Å². The quantitative estimate of drug-likeness (QED) is 0.898. The average molecular weight is 256 g/mol. The minimum Gasteiger partial charge on any atom is -0.496 e. The molecule has 2 aromatic rings. The number of methoxy groups -OCH3 is 1. The Hall–Kier alpha value is -1.00. The van der Waals surface area contributed by atoms with Crippen molar-refractivity contribution in [1.82, 2.24) is 0 Å². The molecule has 2 rings (SSSR count). The lowest BCUT2D eigenvalue weighted by atomic mass is 10.1. The van der Waals surface area contributed by atoms with Crippen molar-refractivity contribution in [1.29, 1.82) is 0 Å². The van der Waals surface area contributed by atoms with E-state index >= 15 is 0 Å². The van der Waals surface area contributed by atoms with E-state index in [2.05, 4.69) is 15.9 Å². The summed E-state index contributed by atoms with van der Waals surface area (Å²) in [6.45, 7) is 0.477. The molecule has 0 amide bonds. The highest BCUT2D eigenvalue weighted by Gasteiger charge is 2.08. The van der Waals surface area contributed by atoms with Crippen molar-refractivity contribution in [2.75, 3.05) is 7.11 Å². The van der Waals surface area contributed by atoms with Gasteiger partial charge in [-0.05, 0) is 33.6 Å². The second-order valence-corrected chi connectivity index (χ2v) is 3.75. The molecule has 0 saturated carbocycles. The number of hydrogen-bond donors (Lipinski definition) is 1. The summed E-state index contributed by atoms with van der Waals surface area (Å²) in [6, 6.07) is 5.72. The number of nitrogens with two attached hydrogens (primary N) is 1. The van der Waals surface area contributed by atoms with Crippen molar-refractivity contribution in [3.8, 4) is 5.75 Å². The third-order valence-electron chi connectivity index (χ3n) is 2.08. The Labute approximate surface area is 90.0 Å². The standard InChI is InChI=1S/C10H10BrNO2/c1-13-8-2-6(5-12)3-9-7(8)4-10(11)14-9/h2-4H,5,12H2,1H3. The molecule has 0 aliphatic heterocycles. The van der Waals surface area contributed by atoms with Gasteiger partial charge < -0.3 is 14.9 Å². The molecule has 0 aliphatic carbocycles. The van der Waals surface area contributed by atoms with Crippen LogP contribution in [0, 0.1) is 0 Å². The van der Waals surface area contributed by atoms with Gasteiger partial charge in [0.25, 0.3) is 0 Å². The predicted molar refractivity (Wildman–Crippen MR) is 58.4 cm³/mol. The van der Waals surface area contributed by atoms with Gasteiger partial charge in [-0.2, -0.15) is 0 Å². The van der Waals surface area contributed by atoms with Crippen molar-refractivity contribution < 1.29 is 9.15 Å². The fourth-order valence-electron chi connectivity index (χ4n) is 1.42. The van der Waals surface area contributed by atoms with Gasteiger partial charge in [-0.25, -0.2) is 0 Å². The van der Waals surface area contributed by atoms with Crippen LogP contribution in [0.2, 0.25) is 0 Å². The van der Waals surface area contributed by atoms with E-state index in [1.54, 1.807) is 7.11 Å². The van der Waals surface area contributed by atoms with Gasteiger partial charge >= 0.3 is 0 Å². The molecule has 0 spiro atoms. The lowest BCUT2D eigenvalue weighted by molar-refractivity contribution is 0.419. The van der Waals surface area contributed by atoms with Crippen molar-refractivity contribution in [2.45, 2.75) is 6.54 Å². The van der Waals surface area contributed by atoms with E-state index in [0.717, 1.165) is 22.3 Å². The molecule has 14 heavy (non-hydrogen) atoms. The van der Waals surface area contributed by atoms with Crippen LogP contribution in [-0.4, -0.2) is 7.11 Å². The van der Waals surface area contributed by atoms with Crippen LogP contribution in [0.3, 0.4) is 0 Å². The van der Waals surface area contributed by atoms with E-state index in [1.165, 1.54) is 0 Å². The third kappa shape index (κ3) is 1.51. The second kappa shape index (κ2) is 3.63. The van der Waals surface area contributed by atoms with E-state index in [0.29, 0.717) is 11.2 Å². The highest BCUT2D eigenvalue weighted by atomic mass is 79.9. The lowest BCUT2D eigenvalue weighted by Gasteiger charge is -2.03. The summed E-state index contributed by atoms with van der Waals surface area (Å²) in [5, 5.41) is 0.955. The summed E-state index contributed by atoms with van der Waals surface area (Å²) in [6.07, 6.45) is 0. The molecule has 0 atom stereocenters. The summed E-state index contributed by atoms with van der Waals surface area (Å²) in [4.78, 5) is 0. The van der Waals surface area contributed by atoms with Gasteiger partial charge in [0.05, 0.1) is 12.5 Å². The van der Waals surface area contributed by atoms with Crippen molar-refractivity contribution in [2.24, 2.45) is 5.73 Å². The predicted octanol–water partition coefficient (Wildman–Crippen LogP) is 2.66. The Balaban J connectivity index is 2.72. The molecule has 0 unspecified atom stereocenters. The first-order valence-corrected chi connectivity index (χ1v) is 5.00. The smallest absolute Gasteiger partial charge is 0.170 e. The summed E-state index contributed by atoms with van der Waals surface area (Å²) in [5.74, 6) is 0.789. The Bertz CT molecular complexity index is 464. The Morgan fingerprint density at radius 1 is 1.43 bits per heavy atom. The van der Waals surface area contributed by atoms with Gasteiger partial charge in [-0.3, -0.25) is 0 Å². The summed E-state index contributed by atoms with van der Waals surface area (Å²) >= 11 is 3.28. The number of rotatable bonds is 2. The highest BCUT2D eigenvalue weighted by Crippen LogP contribution is 2.32. The molecule has 1 aromatic carbocycles. The number of benzene rings is 1. The fourth-order valence-corrected chi connectivity index (χ4v) is 1.82. The van der Waals surface area contributed by atoms with Crippen LogP contribution >= 0.6 is 15.9 Å². The van der Waals surface area contributed by atoms with Crippen LogP contribution in [0.15, 0.2) is 27.3 Å². The number of ether oxygens (including phenoxy) is 1. The van der Waals surface area contributed by atoms with Gasteiger partial charge in [0, 0.05) is 12.6 Å². The van der Waals surface area contributed by atoms with Gasteiger partial charge in [0.15, 0.2) is 4.67 Å². The largest absolute Gasteiger partial charge is 0.496 e. The first-order chi connectivity index (χ1) is 6.74. The molecule has 0 aliphatic rings. The zero-order chi connectivity index (χ0) is 10.1. The topological polar surface area (TPSA) is 48.4 Å². The number of hydrogen-bond acceptors (Lipinski definition) is 3. The molecule has 0 fully saturated rings. The highest BCUT2D eigenvalue weighted by molar-refractivity contribution is 9.10. The summed E-state index contributed by atoms with van der Waals surface area (Å²) in [7, 11) is 1.63. The van der Waals surface area contributed by atoms with Crippen molar-refractivity contribution >= 4 is 26.9 Å². The first kappa shape index (κ1) is 9.55. The van der Waals surface area contributed by atoms with E-state index < -0.39 is 0 Å². The van der Waals surface area contributed by atoms with E-state index in [-0.39, 0.29) is 0 Å². The maximum atomic E-state index is 5.56. The molecular weight excluding hydrogens is 246 g/mol. The van der Waals surface area contributed by atoms with Crippen LogP contribution in [0.1, 0.15) is 5.56 Å². The number of fused-ring (bicyclic) bond motifs is 1. The van der Waals surface area contributed by atoms with Crippen LogP contribution in [-0.2, 0) is 6.54 Å². The van der Waals surface area contributed by atoms with E-state index in [9.17, 15) is 0 Å². The molecule has 0 bridgehead atoms. The molecule has 4 heteroatoms. The number of halogens is 1. The zero-order valence-corrected chi connectivity index (χ0v) is 9.30. The Morgan fingerprint density at radius 3 is 2.86 bits per heavy atom. The normalized spacial score (nSPS) is 10.8. The molecule has 0 radical (unpaired) electrons. The maximum absolute atomic E-state index is 5.56. The molecule has 3 nitrogen and oxygen atoms in total. The fraction of sp³-hybridized carbons (Fsp3) is 0.200. The number of furan rings is 1. The molecule has 1 heterocycles. The molecular formula is C10H10BrNO2. The van der Waals surface area contributed by atoms with Gasteiger partial charge in [-0.1, -0.05) is 0 Å².